The SMILES string of the molecule is Cc1ccc(C[C@@H](NC(=O)C(c2ccccc2)c2ccccc2)C(=O)O)cc1C. The van der Waals surface area contributed by atoms with Gasteiger partial charge in [-0.2, -0.15) is 0 Å². The second kappa shape index (κ2) is 9.20. The number of hydrogen-bond acceptors (Lipinski definition) is 2. The molecule has 148 valence electrons. The molecule has 4 nitrogen and oxygen atoms in total. The highest BCUT2D eigenvalue weighted by Crippen LogP contribution is 2.25. The van der Waals surface area contributed by atoms with Crippen molar-refractivity contribution in [3.05, 3.63) is 107 Å². The predicted molar refractivity (Wildman–Crippen MR) is 114 cm³/mol. The van der Waals surface area contributed by atoms with Crippen molar-refractivity contribution >= 4 is 11.9 Å². The minimum Gasteiger partial charge on any atom is -0.480 e. The number of carboxylic acids is 1. The van der Waals surface area contributed by atoms with Crippen LogP contribution in [0.2, 0.25) is 0 Å². The van der Waals surface area contributed by atoms with Crippen LogP contribution < -0.4 is 5.32 Å². The molecule has 0 aliphatic heterocycles. The summed E-state index contributed by atoms with van der Waals surface area (Å²) in [6.45, 7) is 4.01. The highest BCUT2D eigenvalue weighted by Gasteiger charge is 2.27. The monoisotopic (exact) mass is 387 g/mol. The Morgan fingerprint density at radius 3 is 1.86 bits per heavy atom. The molecule has 1 amide bonds. The number of nitrogens with one attached hydrogen (secondary N) is 1. The molecular weight excluding hydrogens is 362 g/mol. The minimum absolute atomic E-state index is 0.235. The van der Waals surface area contributed by atoms with Crippen LogP contribution in [-0.4, -0.2) is 23.0 Å². The summed E-state index contributed by atoms with van der Waals surface area (Å²) in [4.78, 5) is 25.1. The summed E-state index contributed by atoms with van der Waals surface area (Å²) in [5.74, 6) is -1.94. The average molecular weight is 387 g/mol. The number of carboxylic acid groups (broad SMARTS) is 1. The van der Waals surface area contributed by atoms with Crippen molar-refractivity contribution in [2.45, 2.75) is 32.2 Å². The van der Waals surface area contributed by atoms with Crippen molar-refractivity contribution in [1.82, 2.24) is 5.32 Å². The summed E-state index contributed by atoms with van der Waals surface area (Å²) in [5, 5.41) is 12.5. The van der Waals surface area contributed by atoms with Gasteiger partial charge in [-0.1, -0.05) is 78.9 Å². The van der Waals surface area contributed by atoms with Gasteiger partial charge < -0.3 is 10.4 Å². The predicted octanol–water partition coefficient (Wildman–Crippen LogP) is 4.25. The Bertz CT molecular complexity index is 944. The van der Waals surface area contributed by atoms with E-state index in [1.165, 1.54) is 0 Å². The molecule has 0 aromatic heterocycles. The fraction of sp³-hybridized carbons (Fsp3) is 0.200. The van der Waals surface area contributed by atoms with Gasteiger partial charge in [-0.25, -0.2) is 4.79 Å². The molecule has 0 saturated heterocycles. The van der Waals surface area contributed by atoms with Crippen molar-refractivity contribution in [2.75, 3.05) is 0 Å². The lowest BCUT2D eigenvalue weighted by Crippen LogP contribution is -2.44. The Morgan fingerprint density at radius 2 is 1.38 bits per heavy atom. The molecule has 0 aliphatic rings. The van der Waals surface area contributed by atoms with Crippen LogP contribution in [0.5, 0.6) is 0 Å². The molecule has 2 N–H and O–H groups in total. The van der Waals surface area contributed by atoms with Crippen LogP contribution in [0.15, 0.2) is 78.9 Å². The van der Waals surface area contributed by atoms with E-state index in [-0.39, 0.29) is 12.3 Å². The zero-order chi connectivity index (χ0) is 20.8. The van der Waals surface area contributed by atoms with Crippen LogP contribution >= 0.6 is 0 Å². The molecule has 4 heteroatoms. The van der Waals surface area contributed by atoms with E-state index in [4.69, 9.17) is 0 Å². The summed E-state index contributed by atoms with van der Waals surface area (Å²) < 4.78 is 0. The number of hydrogen-bond donors (Lipinski definition) is 2. The zero-order valence-corrected chi connectivity index (χ0v) is 16.6. The summed E-state index contributed by atoms with van der Waals surface area (Å²) in [6.07, 6.45) is 0.235. The molecule has 0 saturated carbocycles. The quantitative estimate of drug-likeness (QED) is 0.637. The molecule has 0 heterocycles. The normalized spacial score (nSPS) is 11.8. The Kier molecular flexibility index (Phi) is 6.45. The van der Waals surface area contributed by atoms with Crippen LogP contribution in [0.25, 0.3) is 0 Å². The molecule has 0 aliphatic carbocycles. The van der Waals surface area contributed by atoms with Gasteiger partial charge >= 0.3 is 5.97 Å². The first kappa shape index (κ1) is 20.3. The third kappa shape index (κ3) is 5.11. The number of carbonyl (C=O) groups excluding carboxylic acids is 1. The van der Waals surface area contributed by atoms with E-state index in [1.807, 2.05) is 92.7 Å². The molecule has 0 bridgehead atoms. The van der Waals surface area contributed by atoms with Gasteiger partial charge in [-0.3, -0.25) is 4.79 Å². The second-order valence-corrected chi connectivity index (χ2v) is 7.28. The molecule has 0 unspecified atom stereocenters. The van der Waals surface area contributed by atoms with Crippen LogP contribution in [0.1, 0.15) is 33.7 Å². The largest absolute Gasteiger partial charge is 0.480 e. The maximum atomic E-state index is 13.2. The van der Waals surface area contributed by atoms with Crippen LogP contribution in [0.4, 0.5) is 0 Å². The molecular formula is C25H25NO3. The first-order valence-corrected chi connectivity index (χ1v) is 9.65. The Labute approximate surface area is 171 Å². The molecule has 1 atom stereocenters. The molecule has 0 fully saturated rings. The number of aryl methyl sites for hydroxylation is 2. The summed E-state index contributed by atoms with van der Waals surface area (Å²) in [5.41, 5.74) is 4.79. The summed E-state index contributed by atoms with van der Waals surface area (Å²) >= 11 is 0. The lowest BCUT2D eigenvalue weighted by atomic mass is 9.90. The third-order valence-electron chi connectivity index (χ3n) is 5.15. The smallest absolute Gasteiger partial charge is 0.326 e. The molecule has 0 spiro atoms. The van der Waals surface area contributed by atoms with Crippen molar-refractivity contribution in [3.8, 4) is 0 Å². The Balaban J connectivity index is 1.86. The van der Waals surface area contributed by atoms with Gasteiger partial charge in [0.1, 0.15) is 6.04 Å². The highest BCUT2D eigenvalue weighted by molar-refractivity contribution is 5.90. The Hall–Kier alpha value is -3.40. The standard InChI is InChI=1S/C25H25NO3/c1-17-13-14-19(15-18(17)2)16-22(25(28)29)26-24(27)23(20-9-5-3-6-10-20)21-11-7-4-8-12-21/h3-15,22-23H,16H2,1-2H3,(H,26,27)(H,28,29)/t22-/m1/s1. The van der Waals surface area contributed by atoms with Gasteiger partial charge in [0.05, 0.1) is 5.92 Å². The van der Waals surface area contributed by atoms with Crippen molar-refractivity contribution in [3.63, 3.8) is 0 Å². The number of rotatable bonds is 7. The molecule has 29 heavy (non-hydrogen) atoms. The lowest BCUT2D eigenvalue weighted by molar-refractivity contribution is -0.141. The number of aliphatic carboxylic acids is 1. The molecule has 3 rings (SSSR count). The highest BCUT2D eigenvalue weighted by atomic mass is 16.4. The van der Waals surface area contributed by atoms with E-state index in [2.05, 4.69) is 5.32 Å². The first-order valence-electron chi connectivity index (χ1n) is 9.65. The van der Waals surface area contributed by atoms with Crippen LogP contribution in [-0.2, 0) is 16.0 Å². The fourth-order valence-corrected chi connectivity index (χ4v) is 3.41. The lowest BCUT2D eigenvalue weighted by Gasteiger charge is -2.21. The van der Waals surface area contributed by atoms with E-state index in [9.17, 15) is 14.7 Å². The van der Waals surface area contributed by atoms with Crippen molar-refractivity contribution in [2.24, 2.45) is 0 Å². The van der Waals surface area contributed by atoms with Crippen LogP contribution in [0, 0.1) is 13.8 Å². The minimum atomic E-state index is -1.04. The Morgan fingerprint density at radius 1 is 0.828 bits per heavy atom. The van der Waals surface area contributed by atoms with Crippen molar-refractivity contribution < 1.29 is 14.7 Å². The summed E-state index contributed by atoms with van der Waals surface area (Å²) in [7, 11) is 0. The van der Waals surface area contributed by atoms with Crippen molar-refractivity contribution in [1.29, 1.82) is 0 Å². The van der Waals surface area contributed by atoms with Gasteiger partial charge in [-0.05, 0) is 41.7 Å². The van der Waals surface area contributed by atoms with E-state index < -0.39 is 17.9 Å². The molecule has 0 radical (unpaired) electrons. The number of carbonyl (C=O) groups is 2. The maximum Gasteiger partial charge on any atom is 0.326 e. The van der Waals surface area contributed by atoms with E-state index in [1.54, 1.807) is 0 Å². The number of benzene rings is 3. The van der Waals surface area contributed by atoms with E-state index in [0.717, 1.165) is 27.8 Å². The van der Waals surface area contributed by atoms with Gasteiger partial charge in [-0.15, -0.1) is 0 Å². The summed E-state index contributed by atoms with van der Waals surface area (Å²) in [6, 6.07) is 23.7. The topological polar surface area (TPSA) is 66.4 Å². The fourth-order valence-electron chi connectivity index (χ4n) is 3.41. The van der Waals surface area contributed by atoms with E-state index >= 15 is 0 Å². The van der Waals surface area contributed by atoms with Crippen LogP contribution in [0.3, 0.4) is 0 Å². The first-order chi connectivity index (χ1) is 14.0. The zero-order valence-electron chi connectivity index (χ0n) is 16.6. The average Bonchev–Trinajstić information content (AvgIpc) is 2.72. The third-order valence-corrected chi connectivity index (χ3v) is 5.15. The van der Waals surface area contributed by atoms with E-state index in [0.29, 0.717) is 0 Å². The maximum absolute atomic E-state index is 13.2. The van der Waals surface area contributed by atoms with Gasteiger partial charge in [0.2, 0.25) is 5.91 Å². The van der Waals surface area contributed by atoms with Gasteiger partial charge in [0.15, 0.2) is 0 Å². The molecule has 3 aromatic rings. The van der Waals surface area contributed by atoms with Gasteiger partial charge in [0.25, 0.3) is 0 Å². The van der Waals surface area contributed by atoms with Gasteiger partial charge in [0, 0.05) is 6.42 Å². The molecule has 3 aromatic carbocycles. The number of amides is 1. The second-order valence-electron chi connectivity index (χ2n) is 7.28.